The lowest BCUT2D eigenvalue weighted by molar-refractivity contribution is -0.149. The molecule has 8 nitrogen and oxygen atoms in total. The second kappa shape index (κ2) is 9.13. The lowest BCUT2D eigenvalue weighted by Gasteiger charge is -2.39. The average molecular weight is 463 g/mol. The lowest BCUT2D eigenvalue weighted by Crippen LogP contribution is -2.51. The summed E-state index contributed by atoms with van der Waals surface area (Å²) < 4.78 is 0. The fourth-order valence-corrected chi connectivity index (χ4v) is 3.96. The molecule has 2 aliphatic rings. The quantitative estimate of drug-likeness (QED) is 0.704. The summed E-state index contributed by atoms with van der Waals surface area (Å²) in [5, 5.41) is 4.10. The largest absolute Gasteiger partial charge is 0.434 e. The molecule has 2 aromatic carbocycles. The van der Waals surface area contributed by atoms with Crippen molar-refractivity contribution in [1.29, 1.82) is 0 Å². The molecule has 0 unspecified atom stereocenters. The molecule has 0 aliphatic carbocycles. The molecule has 4 amide bonds. The van der Waals surface area contributed by atoms with Crippen LogP contribution >= 0.6 is 23.2 Å². The fourth-order valence-electron chi connectivity index (χ4n) is 3.70. The van der Waals surface area contributed by atoms with Crippen LogP contribution in [0.4, 0.5) is 9.59 Å². The van der Waals surface area contributed by atoms with Crippen LogP contribution in [0.15, 0.2) is 48.5 Å². The van der Waals surface area contributed by atoms with Gasteiger partial charge in [0.1, 0.15) is 6.54 Å². The molecule has 2 saturated heterocycles. The Morgan fingerprint density at radius 1 is 0.871 bits per heavy atom. The smallest absolute Gasteiger partial charge is 0.326 e. The van der Waals surface area contributed by atoms with Crippen molar-refractivity contribution in [2.75, 3.05) is 32.7 Å². The molecule has 0 spiro atoms. The number of hydroxylamine groups is 2. The Morgan fingerprint density at radius 3 is 1.84 bits per heavy atom. The minimum absolute atomic E-state index is 0.0429. The molecule has 2 fully saturated rings. The van der Waals surface area contributed by atoms with E-state index in [1.54, 1.807) is 0 Å². The van der Waals surface area contributed by atoms with Gasteiger partial charge >= 0.3 is 12.1 Å². The van der Waals surface area contributed by atoms with E-state index in [9.17, 15) is 14.4 Å². The molecular formula is C21H20Cl2N4O4. The van der Waals surface area contributed by atoms with Crippen molar-refractivity contribution in [3.05, 3.63) is 69.7 Å². The Labute approximate surface area is 189 Å². The van der Waals surface area contributed by atoms with E-state index >= 15 is 0 Å². The zero-order valence-corrected chi connectivity index (χ0v) is 18.0. The van der Waals surface area contributed by atoms with Gasteiger partial charge in [0.2, 0.25) is 0 Å². The highest BCUT2D eigenvalue weighted by atomic mass is 35.5. The monoisotopic (exact) mass is 462 g/mol. The minimum atomic E-state index is -0.734. The third kappa shape index (κ3) is 4.76. The molecule has 0 bridgehead atoms. The first-order valence-corrected chi connectivity index (χ1v) is 10.5. The molecule has 2 aromatic rings. The van der Waals surface area contributed by atoms with Gasteiger partial charge in [-0.2, -0.15) is 0 Å². The van der Waals surface area contributed by atoms with Crippen molar-refractivity contribution in [3.8, 4) is 0 Å². The van der Waals surface area contributed by atoms with Gasteiger partial charge in [-0.15, -0.1) is 0 Å². The van der Waals surface area contributed by atoms with E-state index in [4.69, 9.17) is 28.0 Å². The van der Waals surface area contributed by atoms with Crippen molar-refractivity contribution in [2.24, 2.45) is 0 Å². The summed E-state index contributed by atoms with van der Waals surface area (Å²) in [5.74, 6) is -0.595. The molecule has 1 N–H and O–H groups in total. The van der Waals surface area contributed by atoms with E-state index in [1.165, 1.54) is 4.90 Å². The van der Waals surface area contributed by atoms with E-state index < -0.39 is 18.0 Å². The maximum atomic E-state index is 12.4. The standard InChI is InChI=1S/C21H20Cl2N4O4/c22-16-5-1-14(2-6-16)19(15-3-7-17(23)8-4-15)25-9-11-26(12-10-25)21(30)31-27-18(28)13-24-20(27)29/h1-8,19H,9-13H2,(H,24,29). The van der Waals surface area contributed by atoms with Crippen LogP contribution in [-0.2, 0) is 9.63 Å². The Balaban J connectivity index is 1.46. The van der Waals surface area contributed by atoms with Crippen molar-refractivity contribution >= 4 is 41.2 Å². The predicted molar refractivity (Wildman–Crippen MR) is 115 cm³/mol. The van der Waals surface area contributed by atoms with Crippen LogP contribution in [0.5, 0.6) is 0 Å². The Kier molecular flexibility index (Phi) is 6.31. The maximum Gasteiger partial charge on any atom is 0.434 e. The highest BCUT2D eigenvalue weighted by Gasteiger charge is 2.35. The normalized spacial score (nSPS) is 17.3. The van der Waals surface area contributed by atoms with Crippen molar-refractivity contribution < 1.29 is 19.2 Å². The zero-order valence-electron chi connectivity index (χ0n) is 16.5. The summed E-state index contributed by atoms with van der Waals surface area (Å²) in [6.45, 7) is 1.75. The number of halogens is 2. The number of nitrogens with one attached hydrogen (secondary N) is 1. The van der Waals surface area contributed by atoms with Gasteiger partial charge in [0.25, 0.3) is 5.91 Å². The molecule has 0 radical (unpaired) electrons. The third-order valence-electron chi connectivity index (χ3n) is 5.28. The topological polar surface area (TPSA) is 82.2 Å². The van der Waals surface area contributed by atoms with Gasteiger partial charge in [0.05, 0.1) is 6.04 Å². The Bertz CT molecular complexity index is 914. The molecule has 2 aliphatic heterocycles. The van der Waals surface area contributed by atoms with Gasteiger partial charge < -0.3 is 15.1 Å². The second-order valence-electron chi connectivity index (χ2n) is 7.23. The number of benzene rings is 2. The van der Waals surface area contributed by atoms with Crippen LogP contribution in [0.2, 0.25) is 10.0 Å². The fraction of sp³-hybridized carbons (Fsp3) is 0.286. The number of urea groups is 1. The molecule has 31 heavy (non-hydrogen) atoms. The first-order valence-electron chi connectivity index (χ1n) is 9.75. The zero-order chi connectivity index (χ0) is 22.0. The molecule has 10 heteroatoms. The van der Waals surface area contributed by atoms with E-state index in [0.29, 0.717) is 41.3 Å². The summed E-state index contributed by atoms with van der Waals surface area (Å²) in [5.41, 5.74) is 2.14. The molecule has 0 saturated carbocycles. The molecule has 2 heterocycles. The maximum absolute atomic E-state index is 12.4. The Hall–Kier alpha value is -2.81. The predicted octanol–water partition coefficient (Wildman–Crippen LogP) is 3.30. The van der Waals surface area contributed by atoms with Crippen molar-refractivity contribution in [2.45, 2.75) is 6.04 Å². The van der Waals surface area contributed by atoms with Crippen LogP contribution < -0.4 is 5.32 Å². The van der Waals surface area contributed by atoms with Gasteiger partial charge in [-0.1, -0.05) is 52.5 Å². The number of piperazine rings is 1. The Morgan fingerprint density at radius 2 is 1.39 bits per heavy atom. The number of carbonyl (C=O) groups is 3. The van der Waals surface area contributed by atoms with Crippen LogP contribution in [0.25, 0.3) is 0 Å². The minimum Gasteiger partial charge on any atom is -0.326 e. The van der Waals surface area contributed by atoms with E-state index in [1.807, 2.05) is 48.5 Å². The number of hydrogen-bond acceptors (Lipinski definition) is 5. The van der Waals surface area contributed by atoms with Crippen LogP contribution in [0.1, 0.15) is 17.2 Å². The SMILES string of the molecule is O=C(ON1C(=O)CNC1=O)N1CCN(C(c2ccc(Cl)cc2)c2ccc(Cl)cc2)CC1. The highest BCUT2D eigenvalue weighted by Crippen LogP contribution is 2.31. The summed E-state index contributed by atoms with van der Waals surface area (Å²) in [4.78, 5) is 44.3. The van der Waals surface area contributed by atoms with Crippen LogP contribution in [0, 0.1) is 0 Å². The second-order valence-corrected chi connectivity index (χ2v) is 8.11. The lowest BCUT2D eigenvalue weighted by atomic mass is 9.96. The number of rotatable bonds is 4. The number of hydrogen-bond donors (Lipinski definition) is 1. The van der Waals surface area contributed by atoms with Gasteiger partial charge in [-0.3, -0.25) is 9.69 Å². The summed E-state index contributed by atoms with van der Waals surface area (Å²) in [7, 11) is 0. The summed E-state index contributed by atoms with van der Waals surface area (Å²) >= 11 is 12.1. The highest BCUT2D eigenvalue weighted by molar-refractivity contribution is 6.30. The molecule has 0 atom stereocenters. The number of imide groups is 1. The molecule has 162 valence electrons. The van der Waals surface area contributed by atoms with Crippen LogP contribution in [-0.4, -0.2) is 65.6 Å². The first kappa shape index (κ1) is 21.4. The van der Waals surface area contributed by atoms with Crippen LogP contribution in [0.3, 0.4) is 0 Å². The third-order valence-corrected chi connectivity index (χ3v) is 5.78. The van der Waals surface area contributed by atoms with E-state index in [2.05, 4.69) is 10.2 Å². The molecule has 4 rings (SSSR count). The van der Waals surface area contributed by atoms with E-state index in [-0.39, 0.29) is 12.6 Å². The number of amides is 4. The molecular weight excluding hydrogens is 443 g/mol. The summed E-state index contributed by atoms with van der Waals surface area (Å²) in [6.07, 6.45) is -0.723. The van der Waals surface area contributed by atoms with Crippen molar-refractivity contribution in [3.63, 3.8) is 0 Å². The average Bonchev–Trinajstić information content (AvgIpc) is 3.09. The first-order chi connectivity index (χ1) is 14.9. The van der Waals surface area contributed by atoms with Crippen molar-refractivity contribution in [1.82, 2.24) is 20.2 Å². The van der Waals surface area contributed by atoms with Gasteiger partial charge in [0, 0.05) is 36.2 Å². The number of carbonyl (C=O) groups excluding carboxylic acids is 3. The van der Waals surface area contributed by atoms with Gasteiger partial charge in [0.15, 0.2) is 0 Å². The van der Waals surface area contributed by atoms with Gasteiger partial charge in [-0.25, -0.2) is 9.59 Å². The molecule has 0 aromatic heterocycles. The summed E-state index contributed by atoms with van der Waals surface area (Å²) in [6, 6.07) is 14.6. The number of nitrogens with zero attached hydrogens (tertiary/aromatic N) is 3. The van der Waals surface area contributed by atoms with E-state index in [0.717, 1.165) is 11.1 Å². The van der Waals surface area contributed by atoms with Gasteiger partial charge in [-0.05, 0) is 35.4 Å².